The van der Waals surface area contributed by atoms with E-state index in [-0.39, 0.29) is 41.6 Å². The average molecular weight is 621 g/mol. The first-order valence-corrected chi connectivity index (χ1v) is 16.5. The SMILES string of the molecule is CCn1nccc1NC(=O)[C@H](C(=O)Nc1ccc([C@H](C)[C@@H](NC(=O)NC2CC2)C(=O)N2CCN(C)CC2)cc1)C1CCCCC1. The van der Waals surface area contributed by atoms with Gasteiger partial charge in [0.05, 0.1) is 6.20 Å². The molecule has 2 aliphatic carbocycles. The predicted octanol–water partition coefficient (Wildman–Crippen LogP) is 3.38. The zero-order valence-corrected chi connectivity index (χ0v) is 26.8. The highest BCUT2D eigenvalue weighted by Crippen LogP contribution is 2.32. The summed E-state index contributed by atoms with van der Waals surface area (Å²) < 4.78 is 1.69. The molecular formula is C33H48N8O4. The summed E-state index contributed by atoms with van der Waals surface area (Å²) in [4.78, 5) is 57.6. The maximum Gasteiger partial charge on any atom is 0.315 e. The smallest absolute Gasteiger partial charge is 0.315 e. The number of benzene rings is 1. The predicted molar refractivity (Wildman–Crippen MR) is 173 cm³/mol. The minimum Gasteiger partial charge on any atom is -0.338 e. The molecule has 1 aromatic heterocycles. The third kappa shape index (κ3) is 8.42. The molecule has 244 valence electrons. The van der Waals surface area contributed by atoms with E-state index in [4.69, 9.17) is 0 Å². The van der Waals surface area contributed by atoms with E-state index in [0.717, 1.165) is 63.6 Å². The maximum atomic E-state index is 13.7. The number of nitrogens with one attached hydrogen (secondary N) is 4. The Morgan fingerprint density at radius 3 is 2.20 bits per heavy atom. The lowest BCUT2D eigenvalue weighted by atomic mass is 9.79. The number of hydrogen-bond acceptors (Lipinski definition) is 6. The molecule has 0 radical (unpaired) electrons. The van der Waals surface area contributed by atoms with Gasteiger partial charge in [-0.25, -0.2) is 9.48 Å². The molecule has 4 N–H and O–H groups in total. The van der Waals surface area contributed by atoms with Gasteiger partial charge in [0.25, 0.3) is 0 Å². The number of rotatable bonds is 11. The Bertz CT molecular complexity index is 1330. The molecule has 12 nitrogen and oxygen atoms in total. The number of carbonyl (C=O) groups excluding carboxylic acids is 4. The van der Waals surface area contributed by atoms with Crippen LogP contribution in [0.4, 0.5) is 16.3 Å². The highest BCUT2D eigenvalue weighted by atomic mass is 16.2. The fraction of sp³-hybridized carbons (Fsp3) is 0.606. The van der Waals surface area contributed by atoms with Gasteiger partial charge in [0, 0.05) is 56.4 Å². The van der Waals surface area contributed by atoms with Gasteiger partial charge in [0.1, 0.15) is 17.8 Å². The highest BCUT2D eigenvalue weighted by molar-refractivity contribution is 6.10. The number of likely N-dealkylation sites (N-methyl/N-ethyl adjacent to an activating group) is 1. The van der Waals surface area contributed by atoms with Crippen molar-refractivity contribution in [2.45, 2.75) is 83.3 Å². The first-order chi connectivity index (χ1) is 21.7. The molecule has 0 bridgehead atoms. The van der Waals surface area contributed by atoms with Crippen LogP contribution in [-0.4, -0.2) is 88.6 Å². The second-order valence-electron chi connectivity index (χ2n) is 12.8. The second kappa shape index (κ2) is 14.9. The number of hydrogen-bond donors (Lipinski definition) is 4. The molecule has 12 heteroatoms. The fourth-order valence-corrected chi connectivity index (χ4v) is 6.41. The summed E-state index contributed by atoms with van der Waals surface area (Å²) in [6.07, 6.45) is 8.33. The van der Waals surface area contributed by atoms with Crippen LogP contribution < -0.4 is 21.3 Å². The summed E-state index contributed by atoms with van der Waals surface area (Å²) >= 11 is 0. The third-order valence-electron chi connectivity index (χ3n) is 9.44. The molecule has 1 aliphatic heterocycles. The molecular weight excluding hydrogens is 572 g/mol. The van der Waals surface area contributed by atoms with E-state index in [1.807, 2.05) is 37.9 Å². The van der Waals surface area contributed by atoms with Crippen LogP contribution in [0.3, 0.4) is 0 Å². The molecule has 5 amide bonds. The van der Waals surface area contributed by atoms with Crippen molar-refractivity contribution in [1.29, 1.82) is 0 Å². The van der Waals surface area contributed by atoms with Gasteiger partial charge in [-0.05, 0) is 63.3 Å². The van der Waals surface area contributed by atoms with Crippen LogP contribution in [-0.2, 0) is 20.9 Å². The van der Waals surface area contributed by atoms with Crippen LogP contribution >= 0.6 is 0 Å². The lowest BCUT2D eigenvalue weighted by molar-refractivity contribution is -0.135. The van der Waals surface area contributed by atoms with Gasteiger partial charge in [-0.15, -0.1) is 0 Å². The summed E-state index contributed by atoms with van der Waals surface area (Å²) in [5, 5.41) is 16.0. The summed E-state index contributed by atoms with van der Waals surface area (Å²) in [6, 6.07) is 8.21. The van der Waals surface area contributed by atoms with Crippen LogP contribution in [0.5, 0.6) is 0 Å². The Morgan fingerprint density at radius 1 is 0.889 bits per heavy atom. The Kier molecular flexibility index (Phi) is 10.7. The minimum absolute atomic E-state index is 0.0368. The molecule has 0 unspecified atom stereocenters. The van der Waals surface area contributed by atoms with Gasteiger partial charge < -0.3 is 31.1 Å². The summed E-state index contributed by atoms with van der Waals surface area (Å²) in [5.41, 5.74) is 1.44. The number of urea groups is 1. The maximum absolute atomic E-state index is 13.7. The molecule has 5 rings (SSSR count). The Labute approximate surface area is 265 Å². The van der Waals surface area contributed by atoms with Crippen LogP contribution in [0, 0.1) is 11.8 Å². The number of amides is 5. The monoisotopic (exact) mass is 620 g/mol. The number of anilines is 2. The number of piperazine rings is 1. The van der Waals surface area contributed by atoms with E-state index in [0.29, 0.717) is 31.1 Å². The first-order valence-electron chi connectivity index (χ1n) is 16.5. The van der Waals surface area contributed by atoms with Crippen molar-refractivity contribution in [1.82, 2.24) is 30.2 Å². The standard InChI is InChI=1S/C33H48N8O4/c1-4-41-27(16-17-34-41)37-31(43)28(24-8-6-5-7-9-24)30(42)35-25-12-10-23(11-13-25)22(2)29(38-33(45)36-26-14-15-26)32(44)40-20-18-39(3)19-21-40/h10-13,16-17,22,24,26,28-29H,4-9,14-15,18-21H2,1-3H3,(H,35,42)(H,37,43)(H2,36,38,45)/t22-,28-,29+/m0/s1. The van der Waals surface area contributed by atoms with Gasteiger partial charge in [-0.1, -0.05) is 38.3 Å². The molecule has 2 heterocycles. The molecule has 3 aliphatic rings. The van der Waals surface area contributed by atoms with Gasteiger partial charge in [0.15, 0.2) is 0 Å². The van der Waals surface area contributed by atoms with Crippen molar-refractivity contribution >= 4 is 35.3 Å². The molecule has 1 saturated heterocycles. The molecule has 45 heavy (non-hydrogen) atoms. The molecule has 3 atom stereocenters. The number of nitrogens with zero attached hydrogens (tertiary/aromatic N) is 4. The van der Waals surface area contributed by atoms with Crippen molar-refractivity contribution in [3.8, 4) is 0 Å². The highest BCUT2D eigenvalue weighted by Gasteiger charge is 2.37. The van der Waals surface area contributed by atoms with E-state index < -0.39 is 12.0 Å². The van der Waals surface area contributed by atoms with Crippen molar-refractivity contribution < 1.29 is 19.2 Å². The van der Waals surface area contributed by atoms with Crippen molar-refractivity contribution in [2.24, 2.45) is 11.8 Å². The number of aryl methyl sites for hydroxylation is 1. The zero-order valence-electron chi connectivity index (χ0n) is 26.8. The average Bonchev–Trinajstić information content (AvgIpc) is 3.74. The van der Waals surface area contributed by atoms with E-state index >= 15 is 0 Å². The summed E-state index contributed by atoms with van der Waals surface area (Å²) in [5.74, 6) is -1.34. The molecule has 2 aromatic rings. The fourth-order valence-electron chi connectivity index (χ4n) is 6.41. The topological polar surface area (TPSA) is 141 Å². The quantitative estimate of drug-likeness (QED) is 0.284. The lowest BCUT2D eigenvalue weighted by Crippen LogP contribution is -2.57. The van der Waals surface area contributed by atoms with Crippen LogP contribution in [0.15, 0.2) is 36.5 Å². The normalized spacial score (nSPS) is 19.7. The van der Waals surface area contributed by atoms with Crippen LogP contribution in [0.2, 0.25) is 0 Å². The summed E-state index contributed by atoms with van der Waals surface area (Å²) in [7, 11) is 2.04. The van der Waals surface area contributed by atoms with E-state index in [1.54, 1.807) is 29.1 Å². The van der Waals surface area contributed by atoms with Gasteiger partial charge >= 0.3 is 6.03 Å². The van der Waals surface area contributed by atoms with E-state index in [9.17, 15) is 19.2 Å². The van der Waals surface area contributed by atoms with Gasteiger partial charge in [0.2, 0.25) is 17.7 Å². The van der Waals surface area contributed by atoms with Crippen molar-refractivity contribution in [3.63, 3.8) is 0 Å². The van der Waals surface area contributed by atoms with Gasteiger partial charge in [-0.3, -0.25) is 14.4 Å². The largest absolute Gasteiger partial charge is 0.338 e. The first kappa shape index (κ1) is 32.5. The Hall–Kier alpha value is -3.93. The third-order valence-corrected chi connectivity index (χ3v) is 9.44. The number of carbonyl (C=O) groups is 4. The molecule has 0 spiro atoms. The zero-order chi connectivity index (χ0) is 31.9. The number of aromatic nitrogens is 2. The van der Waals surface area contributed by atoms with E-state index in [2.05, 4.69) is 31.3 Å². The molecule has 3 fully saturated rings. The van der Waals surface area contributed by atoms with Crippen molar-refractivity contribution in [2.75, 3.05) is 43.9 Å². The minimum atomic E-state index is -0.830. The van der Waals surface area contributed by atoms with E-state index in [1.165, 1.54) is 0 Å². The van der Waals surface area contributed by atoms with Crippen LogP contribution in [0.25, 0.3) is 0 Å². The lowest BCUT2D eigenvalue weighted by Gasteiger charge is -2.36. The van der Waals surface area contributed by atoms with Crippen molar-refractivity contribution in [3.05, 3.63) is 42.1 Å². The summed E-state index contributed by atoms with van der Waals surface area (Å²) in [6.45, 7) is 7.31. The molecule has 1 aromatic carbocycles. The van der Waals surface area contributed by atoms with Gasteiger partial charge in [-0.2, -0.15) is 5.10 Å². The second-order valence-corrected chi connectivity index (χ2v) is 12.8. The Morgan fingerprint density at radius 2 is 1.56 bits per heavy atom. The Balaban J connectivity index is 1.28. The molecule has 2 saturated carbocycles. The van der Waals surface area contributed by atoms with Crippen LogP contribution in [0.1, 0.15) is 70.3 Å².